The Balaban J connectivity index is 3.75. The molecule has 0 aromatic heterocycles. The van der Waals surface area contributed by atoms with Crippen molar-refractivity contribution < 1.29 is 30.7 Å². The van der Waals surface area contributed by atoms with E-state index in [1.807, 2.05) is 0 Å². The molecular weight excluding hydrogens is 248 g/mol. The first kappa shape index (κ1) is 14.3. The van der Waals surface area contributed by atoms with Crippen LogP contribution in [0.3, 0.4) is 0 Å². The van der Waals surface area contributed by atoms with E-state index in [4.69, 9.17) is 13.8 Å². The molecule has 0 aliphatic carbocycles. The first-order chi connectivity index (χ1) is 6.71. The van der Waals surface area contributed by atoms with Gasteiger partial charge in [0, 0.05) is 0 Å². The highest BCUT2D eigenvalue weighted by molar-refractivity contribution is 7.89. The van der Waals surface area contributed by atoms with Crippen LogP contribution < -0.4 is 0 Å². The molecule has 0 bridgehead atoms. The lowest BCUT2D eigenvalue weighted by molar-refractivity contribution is 0.194. The highest BCUT2D eigenvalue weighted by atomic mass is 32.2. The van der Waals surface area contributed by atoms with Gasteiger partial charge in [0.05, 0.1) is 24.0 Å². The van der Waals surface area contributed by atoms with E-state index in [9.17, 15) is 16.8 Å². The minimum absolute atomic E-state index is 0.115. The van der Waals surface area contributed by atoms with E-state index in [0.717, 1.165) is 12.2 Å². The molecule has 0 saturated heterocycles. The Morgan fingerprint density at radius 2 is 1.20 bits per heavy atom. The van der Waals surface area contributed by atoms with E-state index >= 15 is 0 Å². The number of rotatable bonds is 6. The molecule has 0 rings (SSSR count). The Morgan fingerprint density at radius 1 is 0.867 bits per heavy atom. The smallest absolute Gasteiger partial charge is 0.287 e. The van der Waals surface area contributed by atoms with Gasteiger partial charge < -0.3 is 4.74 Å². The molecule has 0 aliphatic heterocycles. The maximum Gasteiger partial charge on any atom is 0.287 e. The second-order valence-corrected chi connectivity index (χ2v) is 4.92. The largest absolute Gasteiger partial charge is 0.373 e. The summed E-state index contributed by atoms with van der Waals surface area (Å²) >= 11 is 0. The van der Waals surface area contributed by atoms with Gasteiger partial charge in [-0.3, -0.25) is 9.11 Å². The van der Waals surface area contributed by atoms with Gasteiger partial charge in [0.2, 0.25) is 0 Å². The fourth-order valence-electron chi connectivity index (χ4n) is 0.526. The summed E-state index contributed by atoms with van der Waals surface area (Å²) in [6.45, 7) is -0.231. The maximum atomic E-state index is 10.1. The van der Waals surface area contributed by atoms with Crippen molar-refractivity contribution >= 4 is 20.2 Å². The Kier molecular flexibility index (Phi) is 5.68. The van der Waals surface area contributed by atoms with Gasteiger partial charge in [-0.2, -0.15) is 16.8 Å². The van der Waals surface area contributed by atoms with Crippen molar-refractivity contribution in [3.05, 3.63) is 23.0 Å². The molecule has 0 amide bonds. The molecular formula is C6H10O7S2. The van der Waals surface area contributed by atoms with E-state index in [0.29, 0.717) is 10.8 Å². The van der Waals surface area contributed by atoms with Crippen LogP contribution in [-0.2, 0) is 25.0 Å². The molecule has 0 aromatic rings. The quantitative estimate of drug-likeness (QED) is 0.500. The molecule has 9 heteroatoms. The summed E-state index contributed by atoms with van der Waals surface area (Å²) in [5, 5.41) is 1.08. The highest BCUT2D eigenvalue weighted by Gasteiger charge is 1.95. The van der Waals surface area contributed by atoms with Crippen molar-refractivity contribution in [2.75, 3.05) is 13.2 Å². The fraction of sp³-hybridized carbons (Fsp3) is 0.333. The average molecular weight is 258 g/mol. The maximum absolute atomic E-state index is 10.1. The molecule has 0 fully saturated rings. The van der Waals surface area contributed by atoms with Gasteiger partial charge >= 0.3 is 0 Å². The monoisotopic (exact) mass is 258 g/mol. The fourth-order valence-corrected chi connectivity index (χ4v) is 1.17. The van der Waals surface area contributed by atoms with Gasteiger partial charge in [0.15, 0.2) is 0 Å². The molecule has 88 valence electrons. The third-order valence-electron chi connectivity index (χ3n) is 0.965. The predicted molar refractivity (Wildman–Crippen MR) is 52.2 cm³/mol. The molecule has 0 saturated carbocycles. The standard InChI is InChI=1S/C6H10O7S2/c7-14(8,9)5-1-3-13-4-2-6-15(10,11)12/h1-2,5-6H,3-4H2,(H,7,8,9)(H,10,11,12). The first-order valence-corrected chi connectivity index (χ1v) is 6.57. The normalized spacial score (nSPS) is 14.0. The molecule has 0 atom stereocenters. The SMILES string of the molecule is O=S(=O)(O)C=CCOCC=CS(=O)(=O)O. The molecule has 0 spiro atoms. The zero-order valence-corrected chi connectivity index (χ0v) is 9.11. The zero-order valence-electron chi connectivity index (χ0n) is 7.48. The van der Waals surface area contributed by atoms with Crippen LogP contribution in [-0.4, -0.2) is 39.2 Å². The lowest BCUT2D eigenvalue weighted by atomic mass is 10.6. The second kappa shape index (κ2) is 5.98. The lowest BCUT2D eigenvalue weighted by Gasteiger charge is -1.93. The summed E-state index contributed by atoms with van der Waals surface area (Å²) in [4.78, 5) is 0. The summed E-state index contributed by atoms with van der Waals surface area (Å²) in [5.74, 6) is 0. The summed E-state index contributed by atoms with van der Waals surface area (Å²) in [7, 11) is -8.31. The number of ether oxygens (including phenoxy) is 1. The van der Waals surface area contributed by atoms with Gasteiger partial charge in [-0.25, -0.2) is 0 Å². The molecule has 0 unspecified atom stereocenters. The van der Waals surface area contributed by atoms with Crippen molar-refractivity contribution in [1.29, 1.82) is 0 Å². The Hall–Kier alpha value is -0.740. The Morgan fingerprint density at radius 3 is 1.47 bits per heavy atom. The summed E-state index contributed by atoms with van der Waals surface area (Å²) in [5.41, 5.74) is 0. The van der Waals surface area contributed by atoms with Gasteiger partial charge in [0.1, 0.15) is 0 Å². The Labute approximate surface area is 87.6 Å². The van der Waals surface area contributed by atoms with E-state index in [1.165, 1.54) is 0 Å². The summed E-state index contributed by atoms with van der Waals surface area (Å²) in [6.07, 6.45) is 2.08. The highest BCUT2D eigenvalue weighted by Crippen LogP contribution is 1.88. The summed E-state index contributed by atoms with van der Waals surface area (Å²) < 4.78 is 61.7. The van der Waals surface area contributed by atoms with E-state index in [-0.39, 0.29) is 13.2 Å². The van der Waals surface area contributed by atoms with Crippen LogP contribution in [0.1, 0.15) is 0 Å². The van der Waals surface area contributed by atoms with Crippen LogP contribution in [0.15, 0.2) is 23.0 Å². The van der Waals surface area contributed by atoms with Crippen LogP contribution in [0.2, 0.25) is 0 Å². The minimum Gasteiger partial charge on any atom is -0.373 e. The van der Waals surface area contributed by atoms with Crippen LogP contribution in [0, 0.1) is 0 Å². The van der Waals surface area contributed by atoms with E-state index in [1.54, 1.807) is 0 Å². The molecule has 0 heterocycles. The van der Waals surface area contributed by atoms with Crippen molar-refractivity contribution in [2.24, 2.45) is 0 Å². The minimum atomic E-state index is -4.15. The van der Waals surface area contributed by atoms with E-state index in [2.05, 4.69) is 0 Å². The van der Waals surface area contributed by atoms with Crippen LogP contribution >= 0.6 is 0 Å². The van der Waals surface area contributed by atoms with Gasteiger partial charge in [-0.1, -0.05) is 0 Å². The Bertz CT molecular complexity index is 386. The van der Waals surface area contributed by atoms with Gasteiger partial charge in [-0.05, 0) is 12.2 Å². The van der Waals surface area contributed by atoms with E-state index < -0.39 is 20.2 Å². The molecule has 2 N–H and O–H groups in total. The van der Waals surface area contributed by atoms with Crippen LogP contribution in [0.5, 0.6) is 0 Å². The third-order valence-corrected chi connectivity index (χ3v) is 2.04. The summed E-state index contributed by atoms with van der Waals surface area (Å²) in [6, 6.07) is 0. The van der Waals surface area contributed by atoms with Crippen LogP contribution in [0.25, 0.3) is 0 Å². The second-order valence-electron chi connectivity index (χ2n) is 2.31. The molecule has 0 radical (unpaired) electrons. The van der Waals surface area contributed by atoms with Gasteiger partial charge in [-0.15, -0.1) is 0 Å². The molecule has 7 nitrogen and oxygen atoms in total. The molecule has 15 heavy (non-hydrogen) atoms. The predicted octanol–water partition coefficient (Wildman–Crippen LogP) is -0.194. The number of hydrogen-bond donors (Lipinski definition) is 2. The van der Waals surface area contributed by atoms with Crippen molar-refractivity contribution in [2.45, 2.75) is 0 Å². The molecule has 0 aliphatic rings. The van der Waals surface area contributed by atoms with Gasteiger partial charge in [0.25, 0.3) is 20.2 Å². The number of hydrogen-bond acceptors (Lipinski definition) is 5. The van der Waals surface area contributed by atoms with Crippen molar-refractivity contribution in [1.82, 2.24) is 0 Å². The zero-order chi connectivity index (χ0) is 11.9. The molecule has 0 aromatic carbocycles. The van der Waals surface area contributed by atoms with Crippen LogP contribution in [0.4, 0.5) is 0 Å². The third kappa shape index (κ3) is 13.3. The average Bonchev–Trinajstić information content (AvgIpc) is 1.98. The lowest BCUT2D eigenvalue weighted by Crippen LogP contribution is -1.95. The van der Waals surface area contributed by atoms with Crippen molar-refractivity contribution in [3.8, 4) is 0 Å². The first-order valence-electron chi connectivity index (χ1n) is 3.56. The van der Waals surface area contributed by atoms with Crippen molar-refractivity contribution in [3.63, 3.8) is 0 Å². The topological polar surface area (TPSA) is 118 Å².